The van der Waals surface area contributed by atoms with Crippen LogP contribution in [-0.4, -0.2) is 21.7 Å². The first-order valence-corrected chi connectivity index (χ1v) is 7.45. The number of rotatable bonds is 4. The predicted octanol–water partition coefficient (Wildman–Crippen LogP) is 3.50. The molecular weight excluding hydrogens is 366 g/mol. The molecule has 0 bridgehead atoms. The Morgan fingerprint density at radius 1 is 1.04 bits per heavy atom. The zero-order valence-electron chi connectivity index (χ0n) is 12.8. The van der Waals surface area contributed by atoms with E-state index in [0.29, 0.717) is 0 Å². The third-order valence-electron chi connectivity index (χ3n) is 3.44. The number of nitrogens with zero attached hydrogens (tertiary/aromatic N) is 3. The second-order valence-electron chi connectivity index (χ2n) is 5.08. The molecule has 0 saturated heterocycles. The van der Waals surface area contributed by atoms with Crippen molar-refractivity contribution in [3.8, 4) is 0 Å². The Balaban J connectivity index is 2.02. The number of halogens is 1. The number of para-hydroxylation sites is 1. The number of carbonyl (C=O) groups is 1. The van der Waals surface area contributed by atoms with Crippen LogP contribution in [-0.2, 0) is 9.53 Å². The summed E-state index contributed by atoms with van der Waals surface area (Å²) in [6.07, 6.45) is 1.22. The minimum Gasteiger partial charge on any atom is -0.402 e. The average Bonchev–Trinajstić information content (AvgIpc) is 2.96. The molecule has 1 heterocycles. The Hall–Kier alpha value is -3.59. The van der Waals surface area contributed by atoms with Crippen LogP contribution in [0.1, 0.15) is 11.1 Å². The number of nitro benzene ring substituents is 2. The van der Waals surface area contributed by atoms with Gasteiger partial charge in [-0.3, -0.25) is 20.2 Å². The molecule has 10 heteroatoms. The lowest BCUT2D eigenvalue weighted by Gasteiger charge is -2.00. The average molecular weight is 374 g/mol. The molecule has 2 aromatic carbocycles. The summed E-state index contributed by atoms with van der Waals surface area (Å²) in [5, 5.41) is 21.9. The molecule has 1 aliphatic heterocycles. The topological polar surface area (TPSA) is 125 Å². The lowest BCUT2D eigenvalue weighted by Crippen LogP contribution is -2.06. The molecule has 0 saturated carbocycles. The third kappa shape index (κ3) is 3.28. The van der Waals surface area contributed by atoms with Gasteiger partial charge in [-0.05, 0) is 24.3 Å². The number of hydrogen-bond acceptors (Lipinski definition) is 7. The fraction of sp³-hybridized carbons (Fsp3) is 0. The van der Waals surface area contributed by atoms with Crippen LogP contribution < -0.4 is 0 Å². The molecule has 0 N–H and O–H groups in total. The Bertz CT molecular complexity index is 1010. The summed E-state index contributed by atoms with van der Waals surface area (Å²) in [6.45, 7) is 0. The number of benzene rings is 2. The van der Waals surface area contributed by atoms with Crippen molar-refractivity contribution in [3.05, 3.63) is 84.5 Å². The molecule has 1 aliphatic rings. The molecule has 0 amide bonds. The maximum absolute atomic E-state index is 12.0. The number of aliphatic imine (C=N–C) groups is 1. The van der Waals surface area contributed by atoms with Gasteiger partial charge in [0, 0.05) is 17.7 Å². The number of carbonyl (C=O) groups excluding carboxylic acids is 1. The highest BCUT2D eigenvalue weighted by atomic mass is 35.5. The molecule has 0 radical (unpaired) electrons. The summed E-state index contributed by atoms with van der Waals surface area (Å²) in [5.74, 6) is -0.977. The van der Waals surface area contributed by atoms with Crippen LogP contribution in [0.5, 0.6) is 0 Å². The molecule has 0 atom stereocenters. The first-order chi connectivity index (χ1) is 12.4. The number of esters is 1. The third-order valence-corrected chi connectivity index (χ3v) is 3.76. The Morgan fingerprint density at radius 3 is 2.42 bits per heavy atom. The van der Waals surface area contributed by atoms with E-state index >= 15 is 0 Å². The van der Waals surface area contributed by atoms with Crippen molar-refractivity contribution in [3.63, 3.8) is 0 Å². The fourth-order valence-electron chi connectivity index (χ4n) is 2.24. The van der Waals surface area contributed by atoms with Crippen LogP contribution in [0.25, 0.3) is 6.08 Å². The highest BCUT2D eigenvalue weighted by Crippen LogP contribution is 2.28. The van der Waals surface area contributed by atoms with Gasteiger partial charge in [0.1, 0.15) is 5.02 Å². The zero-order chi connectivity index (χ0) is 18.8. The number of cyclic esters (lactones) is 1. The summed E-state index contributed by atoms with van der Waals surface area (Å²) in [6, 6.07) is 9.65. The molecule has 0 spiro atoms. The van der Waals surface area contributed by atoms with Crippen LogP contribution in [0.3, 0.4) is 0 Å². The van der Waals surface area contributed by atoms with E-state index in [1.807, 2.05) is 0 Å². The highest BCUT2D eigenvalue weighted by Gasteiger charge is 2.27. The molecule has 130 valence electrons. The monoisotopic (exact) mass is 373 g/mol. The van der Waals surface area contributed by atoms with E-state index in [1.165, 1.54) is 36.4 Å². The van der Waals surface area contributed by atoms with E-state index in [9.17, 15) is 25.0 Å². The van der Waals surface area contributed by atoms with Gasteiger partial charge in [-0.1, -0.05) is 23.7 Å². The van der Waals surface area contributed by atoms with Crippen molar-refractivity contribution in [2.45, 2.75) is 0 Å². The van der Waals surface area contributed by atoms with Crippen molar-refractivity contribution in [2.75, 3.05) is 0 Å². The van der Waals surface area contributed by atoms with Crippen LogP contribution in [0.15, 0.2) is 53.2 Å². The molecule has 0 fully saturated rings. The largest absolute Gasteiger partial charge is 0.402 e. The van der Waals surface area contributed by atoms with E-state index in [0.717, 1.165) is 6.07 Å². The molecule has 0 aliphatic carbocycles. The molecular formula is C16H8ClN3O6. The predicted molar refractivity (Wildman–Crippen MR) is 91.8 cm³/mol. The zero-order valence-corrected chi connectivity index (χ0v) is 13.5. The normalized spacial score (nSPS) is 14.9. The van der Waals surface area contributed by atoms with Crippen molar-refractivity contribution in [2.24, 2.45) is 4.99 Å². The lowest BCUT2D eigenvalue weighted by molar-refractivity contribution is -0.385. The molecule has 0 unspecified atom stereocenters. The van der Waals surface area contributed by atoms with Gasteiger partial charge in [-0.15, -0.1) is 0 Å². The van der Waals surface area contributed by atoms with Crippen molar-refractivity contribution in [1.29, 1.82) is 0 Å². The Morgan fingerprint density at radius 2 is 1.73 bits per heavy atom. The number of nitro groups is 2. The van der Waals surface area contributed by atoms with E-state index < -0.39 is 15.8 Å². The van der Waals surface area contributed by atoms with E-state index in [4.69, 9.17) is 16.3 Å². The minimum atomic E-state index is -0.823. The van der Waals surface area contributed by atoms with Crippen LogP contribution in [0.2, 0.25) is 5.02 Å². The minimum absolute atomic E-state index is 0.0700. The summed E-state index contributed by atoms with van der Waals surface area (Å²) in [4.78, 5) is 36.7. The summed E-state index contributed by atoms with van der Waals surface area (Å²) < 4.78 is 5.01. The maximum Gasteiger partial charge on any atom is 0.363 e. The van der Waals surface area contributed by atoms with Gasteiger partial charge in [0.15, 0.2) is 5.70 Å². The van der Waals surface area contributed by atoms with Crippen LogP contribution in [0.4, 0.5) is 11.4 Å². The van der Waals surface area contributed by atoms with E-state index in [2.05, 4.69) is 4.99 Å². The van der Waals surface area contributed by atoms with Gasteiger partial charge < -0.3 is 4.74 Å². The van der Waals surface area contributed by atoms with Crippen LogP contribution in [0, 0.1) is 20.2 Å². The number of ether oxygens (including phenoxy) is 1. The van der Waals surface area contributed by atoms with Gasteiger partial charge in [0.2, 0.25) is 5.90 Å². The summed E-state index contributed by atoms with van der Waals surface area (Å²) >= 11 is 5.75. The van der Waals surface area contributed by atoms with E-state index in [1.54, 1.807) is 6.07 Å². The van der Waals surface area contributed by atoms with Gasteiger partial charge in [-0.25, -0.2) is 9.79 Å². The van der Waals surface area contributed by atoms with Crippen molar-refractivity contribution in [1.82, 2.24) is 0 Å². The second-order valence-corrected chi connectivity index (χ2v) is 5.48. The van der Waals surface area contributed by atoms with E-state index in [-0.39, 0.29) is 39.1 Å². The van der Waals surface area contributed by atoms with Gasteiger partial charge in [0.05, 0.1) is 15.4 Å². The second kappa shape index (κ2) is 6.73. The molecule has 3 rings (SSSR count). The highest BCUT2D eigenvalue weighted by molar-refractivity contribution is 6.32. The first-order valence-electron chi connectivity index (χ1n) is 7.07. The smallest absolute Gasteiger partial charge is 0.363 e. The molecule has 9 nitrogen and oxygen atoms in total. The van der Waals surface area contributed by atoms with Gasteiger partial charge in [-0.2, -0.15) is 0 Å². The molecule has 0 aromatic heterocycles. The van der Waals surface area contributed by atoms with Crippen molar-refractivity contribution >= 4 is 40.9 Å². The summed E-state index contributed by atoms with van der Waals surface area (Å²) in [5.41, 5.74) is -0.360. The lowest BCUT2D eigenvalue weighted by atomic mass is 10.1. The Kier molecular flexibility index (Phi) is 4.46. The quantitative estimate of drug-likeness (QED) is 0.349. The maximum atomic E-state index is 12.0. The SMILES string of the molecule is O=C1OC(c2ccc(Cl)c([N+](=O)[O-])c2)=N/C1=C/c1ccccc1[N+](=O)[O-]. The van der Waals surface area contributed by atoms with Crippen molar-refractivity contribution < 1.29 is 19.4 Å². The Labute approximate surface area is 150 Å². The first kappa shape index (κ1) is 17.2. The molecule has 2 aromatic rings. The summed E-state index contributed by atoms with van der Waals surface area (Å²) in [7, 11) is 0. The standard InChI is InChI=1S/C16H8ClN3O6/c17-11-6-5-10(8-14(11)20(24)25)15-18-12(16(21)26-15)7-9-3-1-2-4-13(9)19(22)23/h1-8H/b12-7+. The van der Waals surface area contributed by atoms with Gasteiger partial charge >= 0.3 is 5.97 Å². The van der Waals surface area contributed by atoms with Gasteiger partial charge in [0.25, 0.3) is 11.4 Å². The molecule has 26 heavy (non-hydrogen) atoms. The number of hydrogen-bond donors (Lipinski definition) is 0. The van der Waals surface area contributed by atoms with Crippen LogP contribution >= 0.6 is 11.6 Å². The fourth-order valence-corrected chi connectivity index (χ4v) is 2.43.